The van der Waals surface area contributed by atoms with Crippen LogP contribution in [0, 0.1) is 33.5 Å². The van der Waals surface area contributed by atoms with Crippen molar-refractivity contribution in [3.05, 3.63) is 11.1 Å². The Balaban J connectivity index is 1.54. The van der Waals surface area contributed by atoms with E-state index < -0.39 is 17.3 Å². The molecule has 0 spiro atoms. The first-order valence-corrected chi connectivity index (χ1v) is 13.9. The van der Waals surface area contributed by atoms with Gasteiger partial charge in [0.15, 0.2) is 0 Å². The quantitative estimate of drug-likeness (QED) is 0.485. The minimum absolute atomic E-state index is 0.0440. The van der Waals surface area contributed by atoms with Crippen LogP contribution in [-0.4, -0.2) is 39.4 Å². The van der Waals surface area contributed by atoms with Crippen molar-refractivity contribution < 1.29 is 19.7 Å². The summed E-state index contributed by atoms with van der Waals surface area (Å²) in [5.74, 6) is 0.912. The first-order valence-electron chi connectivity index (χ1n) is 13.9. The molecule has 1 aliphatic heterocycles. The first-order chi connectivity index (χ1) is 15.5. The molecule has 1 saturated heterocycles. The zero-order valence-corrected chi connectivity index (χ0v) is 22.9. The van der Waals surface area contributed by atoms with Gasteiger partial charge in [0.2, 0.25) is 0 Å². The van der Waals surface area contributed by atoms with Crippen LogP contribution in [0.4, 0.5) is 0 Å². The molecule has 4 aliphatic carbocycles. The van der Waals surface area contributed by atoms with E-state index in [1.165, 1.54) is 0 Å². The summed E-state index contributed by atoms with van der Waals surface area (Å²) >= 11 is 0. The van der Waals surface area contributed by atoms with Crippen molar-refractivity contribution in [2.45, 2.75) is 137 Å². The van der Waals surface area contributed by atoms with Crippen LogP contribution in [0.1, 0.15) is 113 Å². The second-order valence-corrected chi connectivity index (χ2v) is 14.7. The van der Waals surface area contributed by atoms with Crippen molar-refractivity contribution in [1.82, 2.24) is 0 Å². The zero-order valence-electron chi connectivity index (χ0n) is 22.9. The third kappa shape index (κ3) is 3.03. The smallest absolute Gasteiger partial charge is 0.138 e. The fourth-order valence-corrected chi connectivity index (χ4v) is 10.2. The molecule has 8 atom stereocenters. The number of Topliss-reactive ketones (excluding diaryl/α,β-unsaturated/α-hetero) is 1. The highest BCUT2D eigenvalue weighted by Gasteiger charge is 2.69. The molecule has 0 bridgehead atoms. The van der Waals surface area contributed by atoms with Crippen molar-refractivity contribution >= 4 is 5.78 Å². The van der Waals surface area contributed by atoms with Crippen molar-refractivity contribution in [1.29, 1.82) is 0 Å². The molecule has 0 radical (unpaired) electrons. The molecule has 1 heterocycles. The van der Waals surface area contributed by atoms with Gasteiger partial charge in [0.1, 0.15) is 5.78 Å². The highest BCUT2D eigenvalue weighted by molar-refractivity contribution is 5.85. The van der Waals surface area contributed by atoms with Gasteiger partial charge in [-0.3, -0.25) is 4.79 Å². The average Bonchev–Trinajstić information content (AvgIpc) is 3.20. The summed E-state index contributed by atoms with van der Waals surface area (Å²) in [6.45, 7) is 17.5. The summed E-state index contributed by atoms with van der Waals surface area (Å²) < 4.78 is 6.64. The number of aliphatic hydroxyl groups excluding tert-OH is 1. The van der Waals surface area contributed by atoms with Gasteiger partial charge < -0.3 is 14.9 Å². The third-order valence-corrected chi connectivity index (χ3v) is 12.2. The van der Waals surface area contributed by atoms with E-state index in [2.05, 4.69) is 41.5 Å². The molecule has 4 nitrogen and oxygen atoms in total. The van der Waals surface area contributed by atoms with Crippen LogP contribution in [0.2, 0.25) is 0 Å². The molecule has 3 fully saturated rings. The van der Waals surface area contributed by atoms with Crippen LogP contribution < -0.4 is 0 Å². The van der Waals surface area contributed by atoms with Crippen LogP contribution >= 0.6 is 0 Å². The largest absolute Gasteiger partial charge is 0.393 e. The summed E-state index contributed by atoms with van der Waals surface area (Å²) in [4.78, 5) is 12.9. The van der Waals surface area contributed by atoms with Crippen molar-refractivity contribution in [2.24, 2.45) is 33.5 Å². The summed E-state index contributed by atoms with van der Waals surface area (Å²) in [6.07, 6.45) is 7.88. The van der Waals surface area contributed by atoms with Crippen LogP contribution in [-0.2, 0) is 9.53 Å². The first kappa shape index (κ1) is 25.0. The summed E-state index contributed by atoms with van der Waals surface area (Å²) in [6, 6.07) is 0. The molecule has 4 heteroatoms. The summed E-state index contributed by atoms with van der Waals surface area (Å²) in [5, 5.41) is 22.3. The number of aliphatic hydroxyl groups is 2. The Morgan fingerprint density at radius 1 is 0.912 bits per heavy atom. The van der Waals surface area contributed by atoms with E-state index >= 15 is 0 Å². The number of fused-ring (bicyclic) bond motifs is 4. The minimum atomic E-state index is -0.869. The van der Waals surface area contributed by atoms with E-state index in [1.807, 2.05) is 13.8 Å². The van der Waals surface area contributed by atoms with Crippen LogP contribution in [0.15, 0.2) is 11.1 Å². The standard InChI is InChI=1S/C30H48O4/c1-25(2)21-10-9-19-18(27(21,5)14-12-22(25)32)11-15-28(6)24(20(31)17-29(19,28)7)30(8)16-13-23(34-30)26(3,4)33/h20-21,23-24,31,33H,9-17H2,1-8H3/t20-,21-,23-,24-,27+,28+,29-,30-/m0/s1. The van der Waals surface area contributed by atoms with Gasteiger partial charge in [0, 0.05) is 17.8 Å². The van der Waals surface area contributed by atoms with E-state index in [0.29, 0.717) is 18.1 Å². The average molecular weight is 473 g/mol. The Kier molecular flexibility index (Phi) is 5.28. The summed E-state index contributed by atoms with van der Waals surface area (Å²) in [5.41, 5.74) is 1.69. The number of carbonyl (C=O) groups is 1. The molecular weight excluding hydrogens is 424 g/mol. The maximum absolute atomic E-state index is 12.9. The van der Waals surface area contributed by atoms with Crippen LogP contribution in [0.25, 0.3) is 0 Å². The minimum Gasteiger partial charge on any atom is -0.393 e. The van der Waals surface area contributed by atoms with Gasteiger partial charge in [-0.15, -0.1) is 0 Å². The highest BCUT2D eigenvalue weighted by Crippen LogP contribution is 2.73. The molecule has 0 aromatic rings. The number of carbonyl (C=O) groups excluding carboxylic acids is 1. The molecule has 0 aromatic heterocycles. The number of rotatable bonds is 2. The SMILES string of the molecule is CC(C)(O)[C@@H]1CC[C@@](C)([C@H]2[C@@H](O)C[C@@]3(C)C4=C(CC[C@]23C)[C@@]2(C)CCC(=O)C(C)(C)[C@@H]2CC4)O1. The number of ketones is 1. The molecule has 0 unspecified atom stereocenters. The van der Waals surface area contributed by atoms with Crippen LogP contribution in [0.3, 0.4) is 0 Å². The maximum Gasteiger partial charge on any atom is 0.138 e. The lowest BCUT2D eigenvalue weighted by atomic mass is 9.43. The number of allylic oxidation sites excluding steroid dienone is 2. The molecular formula is C30H48O4. The van der Waals surface area contributed by atoms with Gasteiger partial charge >= 0.3 is 0 Å². The molecule has 5 aliphatic rings. The second-order valence-electron chi connectivity index (χ2n) is 14.7. The Hall–Kier alpha value is -0.710. The molecule has 2 N–H and O–H groups in total. The molecule has 192 valence electrons. The predicted molar refractivity (Wildman–Crippen MR) is 134 cm³/mol. The monoisotopic (exact) mass is 472 g/mol. The third-order valence-electron chi connectivity index (χ3n) is 12.2. The van der Waals surface area contributed by atoms with Gasteiger partial charge in [-0.05, 0) is 94.3 Å². The van der Waals surface area contributed by atoms with E-state index in [0.717, 1.165) is 51.4 Å². The number of hydrogen-bond acceptors (Lipinski definition) is 4. The molecule has 0 amide bonds. The van der Waals surface area contributed by atoms with Gasteiger partial charge in [0.25, 0.3) is 0 Å². The fraction of sp³-hybridized carbons (Fsp3) is 0.900. The van der Waals surface area contributed by atoms with Crippen molar-refractivity contribution in [3.8, 4) is 0 Å². The Bertz CT molecular complexity index is 927. The Morgan fingerprint density at radius 3 is 2.21 bits per heavy atom. The van der Waals surface area contributed by atoms with Crippen molar-refractivity contribution in [3.63, 3.8) is 0 Å². The Morgan fingerprint density at radius 2 is 1.59 bits per heavy atom. The van der Waals surface area contributed by atoms with Gasteiger partial charge in [-0.1, -0.05) is 45.8 Å². The normalized spacial score (nSPS) is 50.7. The van der Waals surface area contributed by atoms with E-state index in [4.69, 9.17) is 4.74 Å². The highest BCUT2D eigenvalue weighted by atomic mass is 16.5. The van der Waals surface area contributed by atoms with Gasteiger partial charge in [-0.2, -0.15) is 0 Å². The predicted octanol–water partition coefficient (Wildman–Crippen LogP) is 5.98. The molecule has 2 saturated carbocycles. The van der Waals surface area contributed by atoms with E-state index in [-0.39, 0.29) is 33.7 Å². The summed E-state index contributed by atoms with van der Waals surface area (Å²) in [7, 11) is 0. The fourth-order valence-electron chi connectivity index (χ4n) is 10.2. The number of ether oxygens (including phenoxy) is 1. The van der Waals surface area contributed by atoms with E-state index in [9.17, 15) is 15.0 Å². The second kappa shape index (κ2) is 7.19. The van der Waals surface area contributed by atoms with Crippen LogP contribution in [0.5, 0.6) is 0 Å². The topological polar surface area (TPSA) is 66.8 Å². The van der Waals surface area contributed by atoms with Gasteiger partial charge in [-0.25, -0.2) is 0 Å². The molecule has 34 heavy (non-hydrogen) atoms. The maximum atomic E-state index is 12.9. The van der Waals surface area contributed by atoms with E-state index in [1.54, 1.807) is 11.1 Å². The lowest BCUT2D eigenvalue weighted by Gasteiger charge is -2.61. The zero-order chi connectivity index (χ0) is 25.1. The van der Waals surface area contributed by atoms with Crippen molar-refractivity contribution in [2.75, 3.05) is 0 Å². The molecule has 5 rings (SSSR count). The lowest BCUT2D eigenvalue weighted by molar-refractivity contribution is -0.170. The number of hydrogen-bond donors (Lipinski definition) is 2. The lowest BCUT2D eigenvalue weighted by Crippen LogP contribution is -2.55. The Labute approximate surface area is 206 Å². The van der Waals surface area contributed by atoms with Gasteiger partial charge in [0.05, 0.1) is 23.4 Å². The molecule has 0 aromatic carbocycles.